The van der Waals surface area contributed by atoms with E-state index in [0.29, 0.717) is 31.5 Å². The second-order valence-electron chi connectivity index (χ2n) is 22.3. The molecule has 3 saturated carbocycles. The van der Waals surface area contributed by atoms with E-state index in [0.717, 1.165) is 37.0 Å². The Morgan fingerprint density at radius 2 is 1.42 bits per heavy atom. The molecule has 60 heavy (non-hydrogen) atoms. The summed E-state index contributed by atoms with van der Waals surface area (Å²) in [6.45, 7) is 24.6. The minimum atomic E-state index is -2.63. The summed E-state index contributed by atoms with van der Waals surface area (Å²) in [6, 6.07) is 33.0. The van der Waals surface area contributed by atoms with Gasteiger partial charge >= 0.3 is 5.97 Å². The molecule has 0 aromatic heterocycles. The smallest absolute Gasteiger partial charge is 0.309 e. The van der Waals surface area contributed by atoms with Crippen LogP contribution < -0.4 is 10.4 Å². The molecule has 0 saturated heterocycles. The molecule has 0 radical (unpaired) electrons. The molecule has 4 nitrogen and oxygen atoms in total. The van der Waals surface area contributed by atoms with Crippen molar-refractivity contribution in [1.82, 2.24) is 0 Å². The normalized spacial score (nSPS) is 29.6. The largest absolute Gasteiger partial charge is 0.466 e. The molecule has 326 valence electrons. The van der Waals surface area contributed by atoms with Crippen LogP contribution in [0.1, 0.15) is 139 Å². The van der Waals surface area contributed by atoms with Gasteiger partial charge in [-0.3, -0.25) is 4.79 Å². The Hall–Kier alpha value is -2.99. The molecular formula is C55H78O4Si. The van der Waals surface area contributed by atoms with Gasteiger partial charge in [0.1, 0.15) is 0 Å². The fourth-order valence-electron chi connectivity index (χ4n) is 13.6. The monoisotopic (exact) mass is 831 g/mol. The zero-order valence-corrected chi connectivity index (χ0v) is 40.0. The molecule has 3 aromatic rings. The van der Waals surface area contributed by atoms with E-state index in [1.54, 1.807) is 5.57 Å². The van der Waals surface area contributed by atoms with E-state index in [-0.39, 0.29) is 45.4 Å². The van der Waals surface area contributed by atoms with Gasteiger partial charge in [0.05, 0.1) is 25.2 Å². The lowest BCUT2D eigenvalue weighted by atomic mass is 9.47. The summed E-state index contributed by atoms with van der Waals surface area (Å²) in [5.74, 6) is 2.84. The third-order valence-corrected chi connectivity index (χ3v) is 21.5. The maximum atomic E-state index is 13.5. The van der Waals surface area contributed by atoms with Crippen molar-refractivity contribution in [2.45, 2.75) is 157 Å². The van der Waals surface area contributed by atoms with Crippen LogP contribution in [0.5, 0.6) is 0 Å². The summed E-state index contributed by atoms with van der Waals surface area (Å²) >= 11 is 0. The van der Waals surface area contributed by atoms with Crippen LogP contribution >= 0.6 is 0 Å². The van der Waals surface area contributed by atoms with Crippen molar-refractivity contribution < 1.29 is 18.7 Å². The molecule has 0 unspecified atom stereocenters. The van der Waals surface area contributed by atoms with Crippen molar-refractivity contribution in [1.29, 1.82) is 0 Å². The Kier molecular flexibility index (Phi) is 13.5. The van der Waals surface area contributed by atoms with E-state index in [9.17, 15) is 4.79 Å². The minimum Gasteiger partial charge on any atom is -0.466 e. The molecular weight excluding hydrogens is 753 g/mol. The lowest BCUT2D eigenvalue weighted by Gasteiger charge is -2.59. The molecule has 10 atom stereocenters. The molecule has 0 heterocycles. The Bertz CT molecular complexity index is 1860. The standard InChI is InChI=1S/C55H78O4Si/c1-11-57-51(56)41(37-52(3,4)5)35-50(58-38-40-21-15-12-16-22-40)39(2)47-29-30-48-46-28-27-42-36-43(31-33-54(42,9)49(46)32-34-55(47,48)10)59-60(53(6,7)8,44-23-17-13-18-24-44)45-25-19-14-20-26-45/h12-27,39,41,43,46-50H,11,28-38H2,1-10H3/t39-,41-,43-,46-,47+,48-,49-,50+,54-,55+/m0/s1. The first kappa shape index (κ1) is 45.0. The molecule has 3 aromatic carbocycles. The van der Waals surface area contributed by atoms with Crippen molar-refractivity contribution in [3.63, 3.8) is 0 Å². The summed E-state index contributed by atoms with van der Waals surface area (Å²) in [7, 11) is -2.63. The van der Waals surface area contributed by atoms with E-state index in [1.807, 2.05) is 6.92 Å². The maximum Gasteiger partial charge on any atom is 0.309 e. The number of ether oxygens (including phenoxy) is 2. The van der Waals surface area contributed by atoms with Crippen LogP contribution in [0, 0.1) is 51.8 Å². The Morgan fingerprint density at radius 3 is 2.00 bits per heavy atom. The Morgan fingerprint density at radius 1 is 0.800 bits per heavy atom. The van der Waals surface area contributed by atoms with Gasteiger partial charge in [0.25, 0.3) is 8.32 Å². The van der Waals surface area contributed by atoms with E-state index in [2.05, 4.69) is 159 Å². The van der Waals surface area contributed by atoms with Crippen molar-refractivity contribution in [2.24, 2.45) is 51.8 Å². The average Bonchev–Trinajstić information content (AvgIpc) is 3.58. The molecule has 4 aliphatic rings. The fourth-order valence-corrected chi connectivity index (χ4v) is 18.3. The minimum absolute atomic E-state index is 0.0125. The number of hydrogen-bond donors (Lipinski definition) is 0. The third kappa shape index (κ3) is 8.93. The highest BCUT2D eigenvalue weighted by molar-refractivity contribution is 6.99. The summed E-state index contributed by atoms with van der Waals surface area (Å²) in [5, 5.41) is 2.74. The molecule has 0 aliphatic heterocycles. The number of rotatable bonds is 14. The molecule has 3 fully saturated rings. The third-order valence-electron chi connectivity index (χ3n) is 16.4. The molecule has 7 rings (SSSR count). The topological polar surface area (TPSA) is 44.8 Å². The molecule has 4 aliphatic carbocycles. The molecule has 0 spiro atoms. The zero-order chi connectivity index (χ0) is 42.9. The summed E-state index contributed by atoms with van der Waals surface area (Å²) in [5.41, 5.74) is 3.40. The van der Waals surface area contributed by atoms with Crippen LogP contribution in [0.4, 0.5) is 0 Å². The van der Waals surface area contributed by atoms with E-state index in [4.69, 9.17) is 13.9 Å². The fraction of sp³-hybridized carbons (Fsp3) is 0.618. The molecule has 0 N–H and O–H groups in total. The van der Waals surface area contributed by atoms with Gasteiger partial charge in [-0.15, -0.1) is 0 Å². The highest BCUT2D eigenvalue weighted by atomic mass is 28.4. The first-order valence-corrected chi connectivity index (χ1v) is 25.7. The van der Waals surface area contributed by atoms with Gasteiger partial charge in [-0.2, -0.15) is 0 Å². The number of allylic oxidation sites excluding steroid dienone is 1. The lowest BCUT2D eigenvalue weighted by Crippen LogP contribution is -2.68. The van der Waals surface area contributed by atoms with E-state index < -0.39 is 8.32 Å². The van der Waals surface area contributed by atoms with Gasteiger partial charge < -0.3 is 13.9 Å². The maximum absolute atomic E-state index is 13.5. The molecule has 5 heteroatoms. The first-order chi connectivity index (χ1) is 28.5. The highest BCUT2D eigenvalue weighted by Crippen LogP contribution is 2.67. The summed E-state index contributed by atoms with van der Waals surface area (Å²) < 4.78 is 20.5. The van der Waals surface area contributed by atoms with Gasteiger partial charge in [-0.05, 0) is 138 Å². The molecule has 0 amide bonds. The predicted octanol–water partition coefficient (Wildman–Crippen LogP) is 12.7. The van der Waals surface area contributed by atoms with Crippen LogP contribution in [-0.2, 0) is 25.3 Å². The van der Waals surface area contributed by atoms with Crippen LogP contribution in [0.25, 0.3) is 0 Å². The number of carbonyl (C=O) groups excluding carboxylic acids is 1. The Balaban J connectivity index is 1.11. The SMILES string of the molecule is CCOC(=O)[C@@H](C[C@@H](OCc1ccccc1)[C@@H](C)[C@H]1CC[C@H]2[C@@H]3CC=C4C[C@@H](O[Si](c5ccccc5)(c5ccccc5)C(C)(C)C)CC[C@]4(C)[C@H]3CC[C@]12C)CC(C)(C)C. The van der Waals surface area contributed by atoms with Crippen molar-refractivity contribution >= 4 is 24.7 Å². The number of benzene rings is 3. The second kappa shape index (κ2) is 18.0. The number of carbonyl (C=O) groups is 1. The van der Waals surface area contributed by atoms with Crippen molar-refractivity contribution in [3.05, 3.63) is 108 Å². The summed E-state index contributed by atoms with van der Waals surface area (Å²) in [6.07, 6.45) is 14.2. The van der Waals surface area contributed by atoms with E-state index in [1.165, 1.54) is 54.5 Å². The van der Waals surface area contributed by atoms with Crippen LogP contribution in [0.15, 0.2) is 103 Å². The van der Waals surface area contributed by atoms with E-state index >= 15 is 0 Å². The second-order valence-corrected chi connectivity index (χ2v) is 26.5. The lowest BCUT2D eigenvalue weighted by molar-refractivity contribution is -0.152. The number of hydrogen-bond acceptors (Lipinski definition) is 4. The predicted molar refractivity (Wildman–Crippen MR) is 251 cm³/mol. The highest BCUT2D eigenvalue weighted by Gasteiger charge is 2.60. The molecule has 0 bridgehead atoms. The van der Waals surface area contributed by atoms with Gasteiger partial charge in [-0.1, -0.05) is 165 Å². The van der Waals surface area contributed by atoms with Crippen LogP contribution in [0.2, 0.25) is 5.04 Å². The first-order valence-electron chi connectivity index (χ1n) is 23.8. The Labute approximate surface area is 365 Å². The van der Waals surface area contributed by atoms with Gasteiger partial charge in [-0.25, -0.2) is 0 Å². The number of esters is 1. The van der Waals surface area contributed by atoms with Crippen molar-refractivity contribution in [3.8, 4) is 0 Å². The summed E-state index contributed by atoms with van der Waals surface area (Å²) in [4.78, 5) is 13.5. The van der Waals surface area contributed by atoms with Gasteiger partial charge in [0, 0.05) is 6.10 Å². The van der Waals surface area contributed by atoms with Crippen LogP contribution in [0.3, 0.4) is 0 Å². The zero-order valence-electron chi connectivity index (χ0n) is 39.0. The quantitative estimate of drug-likeness (QED) is 0.0922. The number of fused-ring (bicyclic) bond motifs is 5. The van der Waals surface area contributed by atoms with Crippen LogP contribution in [-0.4, -0.2) is 33.1 Å². The van der Waals surface area contributed by atoms with Gasteiger partial charge in [0.2, 0.25) is 0 Å². The van der Waals surface area contributed by atoms with Crippen molar-refractivity contribution in [2.75, 3.05) is 6.61 Å². The van der Waals surface area contributed by atoms with Gasteiger partial charge in [0.15, 0.2) is 0 Å². The average molecular weight is 831 g/mol.